The van der Waals surface area contributed by atoms with E-state index in [0.29, 0.717) is 16.1 Å². The fourth-order valence-corrected chi connectivity index (χ4v) is 4.87. The van der Waals surface area contributed by atoms with Gasteiger partial charge in [0.25, 0.3) is 5.56 Å². The van der Waals surface area contributed by atoms with Crippen molar-refractivity contribution in [2.45, 2.75) is 37.6 Å². The number of fused-ring (bicyclic) bond motifs is 3. The number of aliphatic hydroxyl groups is 1. The summed E-state index contributed by atoms with van der Waals surface area (Å²) in [4.78, 5) is 34.7. The molecular weight excluding hydrogens is 497 g/mol. The minimum atomic E-state index is -4.50. The van der Waals surface area contributed by atoms with Gasteiger partial charge in [-0.2, -0.15) is 13.2 Å². The van der Waals surface area contributed by atoms with Gasteiger partial charge < -0.3 is 15.0 Å². The van der Waals surface area contributed by atoms with Crippen LogP contribution in [0, 0.1) is 0 Å². The molecule has 1 aliphatic rings. The Balaban J connectivity index is 1.25. The molecule has 3 heterocycles. The molecule has 0 saturated carbocycles. The number of nitrogens with zero attached hydrogens (tertiary/aromatic N) is 3. The maximum atomic E-state index is 13.1. The van der Waals surface area contributed by atoms with Gasteiger partial charge in [-0.15, -0.1) is 0 Å². The van der Waals surface area contributed by atoms with Crippen LogP contribution in [0.15, 0.2) is 53.6 Å². The van der Waals surface area contributed by atoms with Crippen LogP contribution in [0.3, 0.4) is 0 Å². The number of amides is 1. The zero-order valence-corrected chi connectivity index (χ0v) is 19.7. The first-order valence-corrected chi connectivity index (χ1v) is 11.8. The van der Waals surface area contributed by atoms with Gasteiger partial charge in [0.2, 0.25) is 5.91 Å². The second-order valence-electron chi connectivity index (χ2n) is 9.02. The molecule has 2 aromatic carbocycles. The molecular formula is C25H22ClF3N4O3. The van der Waals surface area contributed by atoms with Gasteiger partial charge in [-0.25, -0.2) is 4.98 Å². The lowest BCUT2D eigenvalue weighted by Gasteiger charge is -2.38. The Morgan fingerprint density at radius 2 is 1.92 bits per heavy atom. The number of halogens is 4. The van der Waals surface area contributed by atoms with E-state index in [-0.39, 0.29) is 55.9 Å². The van der Waals surface area contributed by atoms with Gasteiger partial charge in [-0.1, -0.05) is 23.7 Å². The van der Waals surface area contributed by atoms with Gasteiger partial charge in [0.05, 0.1) is 17.5 Å². The van der Waals surface area contributed by atoms with E-state index in [1.807, 2.05) is 0 Å². The lowest BCUT2D eigenvalue weighted by molar-refractivity contribution is -0.137. The smallest absolute Gasteiger partial charge is 0.385 e. The number of hydrogen-bond donors (Lipinski definition) is 2. The lowest BCUT2D eigenvalue weighted by Crippen LogP contribution is -2.45. The molecule has 2 N–H and O–H groups in total. The number of aryl methyl sites for hydroxylation is 1. The van der Waals surface area contributed by atoms with E-state index in [2.05, 4.69) is 9.97 Å². The summed E-state index contributed by atoms with van der Waals surface area (Å²) >= 11 is 6.05. The fourth-order valence-electron chi connectivity index (χ4n) is 4.70. The summed E-state index contributed by atoms with van der Waals surface area (Å²) < 4.78 is 40.6. The number of hydrogen-bond acceptors (Lipinski definition) is 4. The van der Waals surface area contributed by atoms with Crippen LogP contribution >= 0.6 is 11.6 Å². The van der Waals surface area contributed by atoms with Crippen molar-refractivity contribution in [3.8, 4) is 0 Å². The maximum Gasteiger partial charge on any atom is 0.416 e. The largest absolute Gasteiger partial charge is 0.416 e. The van der Waals surface area contributed by atoms with Crippen molar-refractivity contribution < 1.29 is 23.1 Å². The molecule has 5 rings (SSSR count). The summed E-state index contributed by atoms with van der Waals surface area (Å²) in [5.41, 5.74) is -0.818. The number of piperidine rings is 1. The summed E-state index contributed by atoms with van der Waals surface area (Å²) in [5.74, 6) is -0.212. The molecule has 0 atom stereocenters. The van der Waals surface area contributed by atoms with Gasteiger partial charge in [0.1, 0.15) is 11.0 Å². The highest BCUT2D eigenvalue weighted by Crippen LogP contribution is 2.37. The predicted octanol–water partition coefficient (Wildman–Crippen LogP) is 4.45. The third-order valence-electron chi connectivity index (χ3n) is 6.77. The average molecular weight is 519 g/mol. The van der Waals surface area contributed by atoms with Crippen LogP contribution in [0.2, 0.25) is 5.02 Å². The van der Waals surface area contributed by atoms with Crippen LogP contribution in [0.25, 0.3) is 21.9 Å². The third-order valence-corrected chi connectivity index (χ3v) is 7.01. The quantitative estimate of drug-likeness (QED) is 0.417. The Hall–Kier alpha value is -3.37. The zero-order chi connectivity index (χ0) is 25.7. The van der Waals surface area contributed by atoms with Crippen molar-refractivity contribution in [1.82, 2.24) is 19.4 Å². The van der Waals surface area contributed by atoms with Crippen molar-refractivity contribution in [1.29, 1.82) is 0 Å². The highest BCUT2D eigenvalue weighted by molar-refractivity contribution is 6.31. The van der Waals surface area contributed by atoms with Crippen LogP contribution in [0.4, 0.5) is 13.2 Å². The first kappa shape index (κ1) is 24.3. The first-order valence-electron chi connectivity index (χ1n) is 11.4. The van der Waals surface area contributed by atoms with E-state index in [1.165, 1.54) is 23.0 Å². The fraction of sp³-hybridized carbons (Fsp3) is 0.320. The van der Waals surface area contributed by atoms with Crippen molar-refractivity contribution in [3.05, 3.63) is 75.3 Å². The van der Waals surface area contributed by atoms with Crippen molar-refractivity contribution >= 4 is 39.4 Å². The number of H-pyrrole nitrogens is 1. The summed E-state index contributed by atoms with van der Waals surface area (Å²) in [7, 11) is 0. The summed E-state index contributed by atoms with van der Waals surface area (Å²) in [6.45, 7) is 0.506. The van der Waals surface area contributed by atoms with Crippen molar-refractivity contribution in [2.24, 2.45) is 0 Å². The van der Waals surface area contributed by atoms with E-state index < -0.39 is 17.3 Å². The van der Waals surface area contributed by atoms with Crippen molar-refractivity contribution in [2.75, 3.05) is 13.1 Å². The average Bonchev–Trinajstić information content (AvgIpc) is 3.22. The lowest BCUT2D eigenvalue weighted by atomic mass is 9.83. The van der Waals surface area contributed by atoms with E-state index >= 15 is 0 Å². The molecule has 1 aliphatic heterocycles. The Bertz CT molecular complexity index is 1520. The highest BCUT2D eigenvalue weighted by Gasteiger charge is 2.37. The second-order valence-corrected chi connectivity index (χ2v) is 9.46. The Morgan fingerprint density at radius 3 is 2.64 bits per heavy atom. The Labute approximate surface area is 208 Å². The molecule has 7 nitrogen and oxygen atoms in total. The predicted molar refractivity (Wildman–Crippen MR) is 129 cm³/mol. The number of carbonyl (C=O) groups excluding carboxylic acids is 1. The number of alkyl halides is 3. The molecule has 0 radical (unpaired) electrons. The van der Waals surface area contributed by atoms with Gasteiger partial charge >= 0.3 is 6.18 Å². The number of rotatable bonds is 4. The molecule has 1 amide bonds. The van der Waals surface area contributed by atoms with Crippen LogP contribution in [-0.4, -0.2) is 43.5 Å². The van der Waals surface area contributed by atoms with E-state index in [1.54, 1.807) is 23.1 Å². The summed E-state index contributed by atoms with van der Waals surface area (Å²) in [6.07, 6.45) is -2.83. The molecule has 1 saturated heterocycles. The van der Waals surface area contributed by atoms with E-state index in [0.717, 1.165) is 23.0 Å². The van der Waals surface area contributed by atoms with E-state index in [4.69, 9.17) is 11.6 Å². The highest BCUT2D eigenvalue weighted by atomic mass is 35.5. The monoisotopic (exact) mass is 518 g/mol. The number of carbonyl (C=O) groups is 1. The zero-order valence-electron chi connectivity index (χ0n) is 19.0. The van der Waals surface area contributed by atoms with Gasteiger partial charge in [-0.3, -0.25) is 14.2 Å². The molecule has 4 aromatic rings. The minimum Gasteiger partial charge on any atom is -0.385 e. The molecule has 36 heavy (non-hydrogen) atoms. The Kier molecular flexibility index (Phi) is 6.04. The topological polar surface area (TPSA) is 91.2 Å². The SMILES string of the molecule is O=C(CCn1cnc2c([nH]c3ccc(Cl)cc32)c1=O)N1CCC(O)(c2cccc(C(F)(F)F)c2)CC1. The van der Waals surface area contributed by atoms with Crippen molar-refractivity contribution in [3.63, 3.8) is 0 Å². The Morgan fingerprint density at radius 1 is 1.17 bits per heavy atom. The number of benzene rings is 2. The van der Waals surface area contributed by atoms with Crippen LogP contribution in [-0.2, 0) is 23.1 Å². The molecule has 0 aliphatic carbocycles. The molecule has 2 aromatic heterocycles. The number of likely N-dealkylation sites (tertiary alicyclic amines) is 1. The van der Waals surface area contributed by atoms with E-state index in [9.17, 15) is 27.9 Å². The molecule has 0 unspecified atom stereocenters. The maximum absolute atomic E-state index is 13.1. The third kappa shape index (κ3) is 4.46. The number of nitrogens with one attached hydrogen (secondary N) is 1. The minimum absolute atomic E-state index is 0.0428. The molecule has 0 spiro atoms. The molecule has 1 fully saturated rings. The molecule has 188 valence electrons. The van der Waals surface area contributed by atoms with Gasteiger partial charge in [0, 0.05) is 42.0 Å². The second kappa shape index (κ2) is 8.94. The number of aromatic amines is 1. The summed E-state index contributed by atoms with van der Waals surface area (Å²) in [6, 6.07) is 9.88. The van der Waals surface area contributed by atoms with Crippen LogP contribution in [0.5, 0.6) is 0 Å². The van der Waals surface area contributed by atoms with Crippen LogP contribution < -0.4 is 5.56 Å². The molecule has 0 bridgehead atoms. The van der Waals surface area contributed by atoms with Gasteiger partial charge in [0.15, 0.2) is 0 Å². The molecule has 11 heteroatoms. The number of aromatic nitrogens is 3. The standard InChI is InChI=1S/C25H22ClF3N4O3/c26-17-4-5-19-18(13-17)21-22(31-19)23(35)33(14-30-21)9-6-20(34)32-10-7-24(36,8-11-32)15-2-1-3-16(12-15)25(27,28)29/h1-5,12-14,31,36H,6-11H2. The van der Waals surface area contributed by atoms with Crippen LogP contribution in [0.1, 0.15) is 30.4 Å². The first-order chi connectivity index (χ1) is 17.0. The van der Waals surface area contributed by atoms with Gasteiger partial charge in [-0.05, 0) is 48.7 Å². The summed E-state index contributed by atoms with van der Waals surface area (Å²) in [5, 5.41) is 12.2. The normalized spacial score (nSPS) is 16.1.